The van der Waals surface area contributed by atoms with Crippen LogP contribution in [-0.4, -0.2) is 34.6 Å². The van der Waals surface area contributed by atoms with Gasteiger partial charge in [0.25, 0.3) is 11.7 Å². The average molecular weight is 340 g/mol. The third-order valence-electron chi connectivity index (χ3n) is 4.54. The summed E-state index contributed by atoms with van der Waals surface area (Å²) in [6.45, 7) is 5.14. The predicted octanol–water partition coefficient (Wildman–Crippen LogP) is 2.39. The van der Waals surface area contributed by atoms with Crippen LogP contribution in [0, 0.1) is 0 Å². The molecule has 132 valence electrons. The number of aromatic nitrogens is 2. The van der Waals surface area contributed by atoms with E-state index in [1.807, 2.05) is 19.1 Å². The molecule has 1 aliphatic rings. The highest BCUT2D eigenvalue weighted by molar-refractivity contribution is 6.42. The fourth-order valence-electron chi connectivity index (χ4n) is 3.02. The maximum absolute atomic E-state index is 12.1. The van der Waals surface area contributed by atoms with Gasteiger partial charge < -0.3 is 10.2 Å². The zero-order valence-electron chi connectivity index (χ0n) is 14.6. The van der Waals surface area contributed by atoms with Gasteiger partial charge in [-0.25, -0.2) is 0 Å². The van der Waals surface area contributed by atoms with Crippen molar-refractivity contribution in [3.05, 3.63) is 47.8 Å². The molecule has 0 bridgehead atoms. The molecule has 0 atom stereocenters. The van der Waals surface area contributed by atoms with Gasteiger partial charge in [-0.2, -0.15) is 5.10 Å². The first-order valence-electron chi connectivity index (χ1n) is 8.86. The van der Waals surface area contributed by atoms with E-state index in [1.54, 1.807) is 10.9 Å². The standard InChI is InChI=1S/C19H24N4O2/c1-2-23-14-16(13-21-23)18(24)19(25)20-12-15-6-8-17(9-7-15)22-10-4-3-5-11-22/h6-9,13-14H,2-5,10-12H2,1H3,(H,20,25). The van der Waals surface area contributed by atoms with E-state index in [1.165, 1.54) is 31.1 Å². The van der Waals surface area contributed by atoms with Crippen molar-refractivity contribution in [2.45, 2.75) is 39.3 Å². The molecule has 1 aliphatic heterocycles. The number of carbonyl (C=O) groups excluding carboxylic acids is 2. The monoisotopic (exact) mass is 340 g/mol. The molecule has 1 aromatic heterocycles. The lowest BCUT2D eigenvalue weighted by Crippen LogP contribution is -2.30. The van der Waals surface area contributed by atoms with Crippen LogP contribution >= 0.6 is 0 Å². The first-order valence-corrected chi connectivity index (χ1v) is 8.86. The molecule has 1 saturated heterocycles. The second kappa shape index (κ2) is 7.96. The molecule has 0 saturated carbocycles. The first-order chi connectivity index (χ1) is 12.2. The van der Waals surface area contributed by atoms with Gasteiger partial charge in [0.15, 0.2) is 0 Å². The highest BCUT2D eigenvalue weighted by Gasteiger charge is 2.17. The number of carbonyl (C=O) groups is 2. The molecule has 0 unspecified atom stereocenters. The third-order valence-corrected chi connectivity index (χ3v) is 4.54. The van der Waals surface area contributed by atoms with Gasteiger partial charge in [0.2, 0.25) is 0 Å². The molecule has 3 rings (SSSR count). The highest BCUT2D eigenvalue weighted by atomic mass is 16.2. The van der Waals surface area contributed by atoms with Crippen LogP contribution in [0.4, 0.5) is 5.69 Å². The molecule has 25 heavy (non-hydrogen) atoms. The van der Waals surface area contributed by atoms with Gasteiger partial charge in [-0.3, -0.25) is 14.3 Å². The zero-order chi connectivity index (χ0) is 17.6. The van der Waals surface area contributed by atoms with Crippen molar-refractivity contribution >= 4 is 17.4 Å². The summed E-state index contributed by atoms with van der Waals surface area (Å²) in [5, 5.41) is 6.71. The van der Waals surface area contributed by atoms with E-state index in [2.05, 4.69) is 27.4 Å². The summed E-state index contributed by atoms with van der Waals surface area (Å²) in [6, 6.07) is 8.17. The van der Waals surface area contributed by atoms with E-state index in [4.69, 9.17) is 0 Å². The molecular weight excluding hydrogens is 316 g/mol. The highest BCUT2D eigenvalue weighted by Crippen LogP contribution is 2.20. The van der Waals surface area contributed by atoms with E-state index in [-0.39, 0.29) is 0 Å². The van der Waals surface area contributed by atoms with E-state index in [0.717, 1.165) is 18.7 Å². The van der Waals surface area contributed by atoms with Gasteiger partial charge in [-0.15, -0.1) is 0 Å². The van der Waals surface area contributed by atoms with Crippen molar-refractivity contribution in [3.63, 3.8) is 0 Å². The first kappa shape index (κ1) is 17.2. The van der Waals surface area contributed by atoms with Gasteiger partial charge in [0.05, 0.1) is 11.8 Å². The SMILES string of the molecule is CCn1cc(C(=O)C(=O)NCc2ccc(N3CCCCC3)cc2)cn1. The van der Waals surface area contributed by atoms with Gasteiger partial charge in [-0.1, -0.05) is 12.1 Å². The largest absolute Gasteiger partial charge is 0.372 e. The summed E-state index contributed by atoms with van der Waals surface area (Å²) in [7, 11) is 0. The van der Waals surface area contributed by atoms with Crippen molar-refractivity contribution in [1.82, 2.24) is 15.1 Å². The maximum Gasteiger partial charge on any atom is 0.292 e. The lowest BCUT2D eigenvalue weighted by molar-refractivity contribution is -0.117. The quantitative estimate of drug-likeness (QED) is 0.648. The number of piperidine rings is 1. The Labute approximate surface area is 147 Å². The summed E-state index contributed by atoms with van der Waals surface area (Å²) >= 11 is 0. The van der Waals surface area contributed by atoms with Crippen LogP contribution in [0.25, 0.3) is 0 Å². The fraction of sp³-hybridized carbons (Fsp3) is 0.421. The number of hydrogen-bond acceptors (Lipinski definition) is 4. The Morgan fingerprint density at radius 1 is 1.12 bits per heavy atom. The minimum absolute atomic E-state index is 0.319. The third kappa shape index (κ3) is 4.26. The number of rotatable bonds is 6. The number of benzene rings is 1. The van der Waals surface area contributed by atoms with Crippen molar-refractivity contribution in [3.8, 4) is 0 Å². The molecule has 2 heterocycles. The van der Waals surface area contributed by atoms with E-state index >= 15 is 0 Å². The molecule has 6 nitrogen and oxygen atoms in total. The molecule has 1 N–H and O–H groups in total. The molecule has 1 fully saturated rings. The fourth-order valence-corrected chi connectivity index (χ4v) is 3.02. The summed E-state index contributed by atoms with van der Waals surface area (Å²) in [5.41, 5.74) is 2.52. The van der Waals surface area contributed by atoms with Crippen LogP contribution in [0.15, 0.2) is 36.7 Å². The van der Waals surface area contributed by atoms with Crippen molar-refractivity contribution in [1.29, 1.82) is 0 Å². The zero-order valence-corrected chi connectivity index (χ0v) is 14.6. The van der Waals surface area contributed by atoms with Crippen molar-refractivity contribution < 1.29 is 9.59 Å². The van der Waals surface area contributed by atoms with Gasteiger partial charge >= 0.3 is 0 Å². The van der Waals surface area contributed by atoms with Crippen LogP contribution in [0.3, 0.4) is 0 Å². The minimum Gasteiger partial charge on any atom is -0.372 e. The number of anilines is 1. The number of ketones is 1. The molecule has 0 aliphatic carbocycles. The Morgan fingerprint density at radius 2 is 1.84 bits per heavy atom. The predicted molar refractivity (Wildman–Crippen MR) is 96.6 cm³/mol. The van der Waals surface area contributed by atoms with Gasteiger partial charge in [0.1, 0.15) is 0 Å². The Kier molecular flexibility index (Phi) is 5.48. The summed E-state index contributed by atoms with van der Waals surface area (Å²) in [4.78, 5) is 26.5. The Bertz CT molecular complexity index is 730. The van der Waals surface area contributed by atoms with Crippen molar-refractivity contribution in [2.24, 2.45) is 0 Å². The molecule has 1 aromatic carbocycles. The molecule has 0 radical (unpaired) electrons. The lowest BCUT2D eigenvalue weighted by Gasteiger charge is -2.28. The van der Waals surface area contributed by atoms with Gasteiger partial charge in [-0.05, 0) is 43.9 Å². The number of nitrogens with one attached hydrogen (secondary N) is 1. The minimum atomic E-state index is -0.601. The molecule has 0 spiro atoms. The lowest BCUT2D eigenvalue weighted by atomic mass is 10.1. The number of Topliss-reactive ketones (excluding diaryl/α,β-unsaturated/α-hetero) is 1. The molecule has 2 aromatic rings. The Balaban J connectivity index is 1.53. The number of nitrogens with zero attached hydrogens (tertiary/aromatic N) is 3. The second-order valence-corrected chi connectivity index (χ2v) is 6.31. The Hall–Kier alpha value is -2.63. The molecule has 1 amide bonds. The van der Waals surface area contributed by atoms with E-state index in [0.29, 0.717) is 18.7 Å². The summed E-state index contributed by atoms with van der Waals surface area (Å²) < 4.78 is 1.62. The molecular formula is C19H24N4O2. The topological polar surface area (TPSA) is 67.2 Å². The van der Waals surface area contributed by atoms with Crippen LogP contribution in [0.5, 0.6) is 0 Å². The van der Waals surface area contributed by atoms with E-state index in [9.17, 15) is 9.59 Å². The number of aryl methyl sites for hydroxylation is 1. The maximum atomic E-state index is 12.1. The van der Waals surface area contributed by atoms with Crippen LogP contribution in [-0.2, 0) is 17.9 Å². The smallest absolute Gasteiger partial charge is 0.292 e. The van der Waals surface area contributed by atoms with Crippen LogP contribution in [0.1, 0.15) is 42.1 Å². The second-order valence-electron chi connectivity index (χ2n) is 6.31. The average Bonchev–Trinajstić information content (AvgIpc) is 3.16. The van der Waals surface area contributed by atoms with Gasteiger partial charge in [0, 0.05) is 38.1 Å². The van der Waals surface area contributed by atoms with Crippen molar-refractivity contribution in [2.75, 3.05) is 18.0 Å². The summed E-state index contributed by atoms with van der Waals surface area (Å²) in [5.74, 6) is -1.15. The Morgan fingerprint density at radius 3 is 2.48 bits per heavy atom. The number of hydrogen-bond donors (Lipinski definition) is 1. The normalized spacial score (nSPS) is 14.4. The number of amides is 1. The van der Waals surface area contributed by atoms with Crippen LogP contribution < -0.4 is 10.2 Å². The summed E-state index contributed by atoms with van der Waals surface area (Å²) in [6.07, 6.45) is 6.82. The molecule has 6 heteroatoms. The van der Waals surface area contributed by atoms with E-state index < -0.39 is 11.7 Å². The van der Waals surface area contributed by atoms with Crippen LogP contribution in [0.2, 0.25) is 0 Å².